The van der Waals surface area contributed by atoms with Crippen molar-refractivity contribution in [3.05, 3.63) is 11.7 Å². The summed E-state index contributed by atoms with van der Waals surface area (Å²) in [7, 11) is 0. The minimum Gasteiger partial charge on any atom is -0.384 e. The molecule has 3 rings (SSSR count). The largest absolute Gasteiger partial charge is 0.384 e. The van der Waals surface area contributed by atoms with E-state index >= 15 is 0 Å². The van der Waals surface area contributed by atoms with Gasteiger partial charge in [0.05, 0.1) is 18.1 Å². The lowest BCUT2D eigenvalue weighted by Gasteiger charge is -2.13. The molecule has 15 heavy (non-hydrogen) atoms. The van der Waals surface area contributed by atoms with E-state index in [2.05, 4.69) is 10.1 Å². The van der Waals surface area contributed by atoms with Crippen LogP contribution in [0.5, 0.6) is 0 Å². The maximum Gasteiger partial charge on any atom is 0.255 e. The fourth-order valence-corrected chi connectivity index (χ4v) is 2.48. The molecule has 1 aromatic heterocycles. The Hall–Kier alpha value is -0.940. The Morgan fingerprint density at radius 2 is 2.33 bits per heavy atom. The van der Waals surface area contributed by atoms with Gasteiger partial charge in [-0.25, -0.2) is 0 Å². The maximum absolute atomic E-state index is 9.28. The normalized spacial score (nSPS) is 36.0. The van der Waals surface area contributed by atoms with Crippen LogP contribution in [0.4, 0.5) is 0 Å². The number of hydrogen-bond acceptors (Lipinski definition) is 5. The molecule has 2 bridgehead atoms. The molecule has 4 atom stereocenters. The summed E-state index contributed by atoms with van der Waals surface area (Å²) in [6.07, 6.45) is 3.19. The molecule has 0 aromatic carbocycles. The summed E-state index contributed by atoms with van der Waals surface area (Å²) >= 11 is 0. The van der Waals surface area contributed by atoms with Gasteiger partial charge in [-0.15, -0.1) is 0 Å². The van der Waals surface area contributed by atoms with E-state index in [4.69, 9.17) is 9.26 Å². The van der Waals surface area contributed by atoms with Crippen LogP contribution in [0.2, 0.25) is 0 Å². The van der Waals surface area contributed by atoms with Gasteiger partial charge in [0.15, 0.2) is 5.82 Å². The SMILES string of the molecule is CC(O)c1nc(C2CC3CCC2O3)no1. The van der Waals surface area contributed by atoms with Crippen molar-refractivity contribution in [2.75, 3.05) is 0 Å². The smallest absolute Gasteiger partial charge is 0.255 e. The summed E-state index contributed by atoms with van der Waals surface area (Å²) in [5.74, 6) is 1.26. The van der Waals surface area contributed by atoms with Gasteiger partial charge in [-0.05, 0) is 26.2 Å². The van der Waals surface area contributed by atoms with E-state index in [9.17, 15) is 5.11 Å². The zero-order valence-electron chi connectivity index (χ0n) is 8.59. The third kappa shape index (κ3) is 1.46. The minimum atomic E-state index is -0.689. The van der Waals surface area contributed by atoms with Crippen LogP contribution in [0, 0.1) is 0 Å². The van der Waals surface area contributed by atoms with Gasteiger partial charge in [0.1, 0.15) is 6.10 Å². The molecule has 1 aromatic rings. The molecule has 2 aliphatic heterocycles. The highest BCUT2D eigenvalue weighted by Gasteiger charge is 2.43. The first-order chi connectivity index (χ1) is 7.24. The Kier molecular flexibility index (Phi) is 2.03. The van der Waals surface area contributed by atoms with Crippen LogP contribution in [0.1, 0.15) is 49.9 Å². The van der Waals surface area contributed by atoms with Crippen LogP contribution in [-0.4, -0.2) is 27.5 Å². The van der Waals surface area contributed by atoms with Crippen LogP contribution < -0.4 is 0 Å². The molecular weight excluding hydrogens is 196 g/mol. The van der Waals surface area contributed by atoms with Crippen molar-refractivity contribution in [1.29, 1.82) is 0 Å². The van der Waals surface area contributed by atoms with Gasteiger partial charge < -0.3 is 14.4 Å². The van der Waals surface area contributed by atoms with Crippen molar-refractivity contribution in [3.63, 3.8) is 0 Å². The lowest BCUT2D eigenvalue weighted by molar-refractivity contribution is 0.0996. The lowest BCUT2D eigenvalue weighted by Crippen LogP contribution is -2.15. The number of aliphatic hydroxyl groups is 1. The lowest BCUT2D eigenvalue weighted by atomic mass is 9.89. The van der Waals surface area contributed by atoms with Gasteiger partial charge in [-0.1, -0.05) is 5.16 Å². The third-order valence-corrected chi connectivity index (χ3v) is 3.25. The molecule has 2 saturated heterocycles. The minimum absolute atomic E-state index is 0.259. The number of fused-ring (bicyclic) bond motifs is 2. The first-order valence-corrected chi connectivity index (χ1v) is 5.41. The van der Waals surface area contributed by atoms with E-state index in [1.807, 2.05) is 0 Å². The van der Waals surface area contributed by atoms with Crippen molar-refractivity contribution in [1.82, 2.24) is 10.1 Å². The standard InChI is InChI=1S/C10H14N2O3/c1-5(13)10-11-9(12-15-10)7-4-6-2-3-8(7)14-6/h5-8,13H,2-4H2,1H3. The van der Waals surface area contributed by atoms with E-state index in [0.717, 1.165) is 19.3 Å². The molecule has 0 amide bonds. The molecule has 3 heterocycles. The average Bonchev–Trinajstić information content (AvgIpc) is 2.93. The number of aliphatic hydroxyl groups excluding tert-OH is 1. The number of aromatic nitrogens is 2. The maximum atomic E-state index is 9.28. The molecule has 0 aliphatic carbocycles. The topological polar surface area (TPSA) is 68.4 Å². The van der Waals surface area contributed by atoms with Gasteiger partial charge in [-0.3, -0.25) is 0 Å². The average molecular weight is 210 g/mol. The molecule has 2 fully saturated rings. The summed E-state index contributed by atoms with van der Waals surface area (Å²) in [4.78, 5) is 4.20. The number of nitrogens with zero attached hydrogens (tertiary/aromatic N) is 2. The van der Waals surface area contributed by atoms with Crippen molar-refractivity contribution in [2.45, 2.75) is 50.4 Å². The molecule has 0 radical (unpaired) electrons. The molecule has 0 spiro atoms. The van der Waals surface area contributed by atoms with E-state index in [-0.39, 0.29) is 12.0 Å². The Balaban J connectivity index is 1.81. The van der Waals surface area contributed by atoms with Gasteiger partial charge in [-0.2, -0.15) is 4.98 Å². The number of ether oxygens (including phenoxy) is 1. The number of rotatable bonds is 2. The van der Waals surface area contributed by atoms with Gasteiger partial charge in [0, 0.05) is 0 Å². The highest BCUT2D eigenvalue weighted by atomic mass is 16.5. The molecule has 82 valence electrons. The Morgan fingerprint density at radius 1 is 1.47 bits per heavy atom. The van der Waals surface area contributed by atoms with Gasteiger partial charge in [0.25, 0.3) is 5.89 Å². The first-order valence-electron chi connectivity index (χ1n) is 5.41. The summed E-state index contributed by atoms with van der Waals surface area (Å²) in [5, 5.41) is 13.2. The van der Waals surface area contributed by atoms with Gasteiger partial charge >= 0.3 is 0 Å². The third-order valence-electron chi connectivity index (χ3n) is 3.25. The van der Waals surface area contributed by atoms with Crippen LogP contribution >= 0.6 is 0 Å². The van der Waals surface area contributed by atoms with E-state index in [1.54, 1.807) is 6.92 Å². The summed E-state index contributed by atoms with van der Waals surface area (Å²) in [6.45, 7) is 1.62. The molecule has 5 heteroatoms. The molecule has 0 saturated carbocycles. The zero-order valence-corrected chi connectivity index (χ0v) is 8.59. The van der Waals surface area contributed by atoms with Gasteiger partial charge in [0.2, 0.25) is 0 Å². The fraction of sp³-hybridized carbons (Fsp3) is 0.800. The van der Waals surface area contributed by atoms with Crippen LogP contribution in [0.3, 0.4) is 0 Å². The van der Waals surface area contributed by atoms with Crippen LogP contribution in [0.25, 0.3) is 0 Å². The predicted octanol–water partition coefficient (Wildman–Crippen LogP) is 1.16. The number of hydrogen-bond donors (Lipinski definition) is 1. The molecule has 1 N–H and O–H groups in total. The van der Waals surface area contributed by atoms with Crippen LogP contribution in [0.15, 0.2) is 4.52 Å². The fourth-order valence-electron chi connectivity index (χ4n) is 2.48. The van der Waals surface area contributed by atoms with Crippen molar-refractivity contribution < 1.29 is 14.4 Å². The summed E-state index contributed by atoms with van der Waals surface area (Å²) in [6, 6.07) is 0. The second kappa shape index (κ2) is 3.28. The van der Waals surface area contributed by atoms with Crippen LogP contribution in [-0.2, 0) is 4.74 Å². The predicted molar refractivity (Wildman–Crippen MR) is 50.2 cm³/mol. The van der Waals surface area contributed by atoms with Crippen molar-refractivity contribution >= 4 is 0 Å². The first kappa shape index (κ1) is 9.30. The quantitative estimate of drug-likeness (QED) is 0.793. The molecular formula is C10H14N2O3. The monoisotopic (exact) mass is 210 g/mol. The second-order valence-corrected chi connectivity index (χ2v) is 4.38. The highest BCUT2D eigenvalue weighted by Crippen LogP contribution is 2.43. The summed E-state index contributed by atoms with van der Waals surface area (Å²) < 4.78 is 10.7. The zero-order chi connectivity index (χ0) is 10.4. The Labute approximate surface area is 87.4 Å². The van der Waals surface area contributed by atoms with Crippen molar-refractivity contribution in [2.24, 2.45) is 0 Å². The van der Waals surface area contributed by atoms with E-state index in [1.165, 1.54) is 0 Å². The molecule has 2 aliphatic rings. The summed E-state index contributed by atoms with van der Waals surface area (Å²) in [5.41, 5.74) is 0. The Morgan fingerprint density at radius 3 is 2.87 bits per heavy atom. The van der Waals surface area contributed by atoms with E-state index in [0.29, 0.717) is 17.8 Å². The molecule has 5 nitrogen and oxygen atoms in total. The highest BCUT2D eigenvalue weighted by molar-refractivity contribution is 5.07. The van der Waals surface area contributed by atoms with E-state index < -0.39 is 6.10 Å². The van der Waals surface area contributed by atoms with Crippen molar-refractivity contribution in [3.8, 4) is 0 Å². The Bertz CT molecular complexity index is 363. The second-order valence-electron chi connectivity index (χ2n) is 4.38. The molecule has 4 unspecified atom stereocenters.